The molecule has 0 saturated carbocycles. The molecular weight excluding hydrogens is 352 g/mol. The van der Waals surface area contributed by atoms with Gasteiger partial charge in [-0.2, -0.15) is 0 Å². The number of benzene rings is 1. The van der Waals surface area contributed by atoms with Crippen molar-refractivity contribution in [2.24, 2.45) is 0 Å². The predicted octanol–water partition coefficient (Wildman–Crippen LogP) is 3.94. The molecule has 0 radical (unpaired) electrons. The van der Waals surface area contributed by atoms with Crippen molar-refractivity contribution in [3.63, 3.8) is 0 Å². The van der Waals surface area contributed by atoms with E-state index in [1.807, 2.05) is 36.1 Å². The molecule has 2 N–H and O–H groups in total. The Kier molecular flexibility index (Phi) is 4.43. The van der Waals surface area contributed by atoms with Crippen LogP contribution in [-0.2, 0) is 11.2 Å². The number of H-pyrrole nitrogens is 2. The first-order valence-corrected chi connectivity index (χ1v) is 9.73. The maximum atomic E-state index is 12.7. The van der Waals surface area contributed by atoms with E-state index < -0.39 is 0 Å². The van der Waals surface area contributed by atoms with Gasteiger partial charge >= 0.3 is 0 Å². The zero-order chi connectivity index (χ0) is 17.4. The molecule has 3 aromatic rings. The smallest absolute Gasteiger partial charge is 0.227 e. The molecule has 3 heterocycles. The van der Waals surface area contributed by atoms with E-state index in [2.05, 4.69) is 9.97 Å². The van der Waals surface area contributed by atoms with Gasteiger partial charge in [-0.15, -0.1) is 11.3 Å². The number of hydrogen-bond acceptors (Lipinski definition) is 4. The molecule has 7 heteroatoms. The Balaban J connectivity index is 1.49. The van der Waals surface area contributed by atoms with Crippen molar-refractivity contribution in [2.45, 2.75) is 32.1 Å². The maximum Gasteiger partial charge on any atom is 0.227 e. The molecule has 4 rings (SSSR count). The van der Waals surface area contributed by atoms with Gasteiger partial charge in [0, 0.05) is 29.6 Å². The number of likely N-dealkylation sites (tertiary alicyclic amines) is 1. The van der Waals surface area contributed by atoms with E-state index in [4.69, 9.17) is 17.2 Å². The number of fused-ring (bicyclic) bond motifs is 1. The lowest BCUT2D eigenvalue weighted by Gasteiger charge is -2.32. The number of aryl methyl sites for hydroxylation is 1. The van der Waals surface area contributed by atoms with Gasteiger partial charge in [0.15, 0.2) is 3.95 Å². The number of aromatic nitrogens is 3. The first kappa shape index (κ1) is 16.5. The second-order valence-electron chi connectivity index (χ2n) is 6.56. The van der Waals surface area contributed by atoms with Gasteiger partial charge in [-0.1, -0.05) is 12.1 Å². The van der Waals surface area contributed by atoms with Crippen molar-refractivity contribution >= 4 is 40.5 Å². The summed E-state index contributed by atoms with van der Waals surface area (Å²) in [6, 6.07) is 8.07. The molecule has 1 aliphatic heterocycles. The Bertz CT molecular complexity index is 938. The number of imidazole rings is 1. The van der Waals surface area contributed by atoms with Crippen LogP contribution < -0.4 is 0 Å². The number of aromatic amines is 2. The van der Waals surface area contributed by atoms with Crippen LogP contribution in [-0.4, -0.2) is 38.8 Å². The summed E-state index contributed by atoms with van der Waals surface area (Å²) in [7, 11) is 0. The van der Waals surface area contributed by atoms with Crippen molar-refractivity contribution in [2.75, 3.05) is 13.1 Å². The summed E-state index contributed by atoms with van der Waals surface area (Å²) in [6.07, 6.45) is 2.50. The van der Waals surface area contributed by atoms with E-state index in [0.29, 0.717) is 6.42 Å². The van der Waals surface area contributed by atoms with Gasteiger partial charge in [-0.05, 0) is 44.1 Å². The third kappa shape index (κ3) is 3.39. The summed E-state index contributed by atoms with van der Waals surface area (Å²) >= 11 is 6.67. The topological polar surface area (TPSA) is 64.8 Å². The van der Waals surface area contributed by atoms with Crippen molar-refractivity contribution in [1.82, 2.24) is 19.9 Å². The fraction of sp³-hybridized carbons (Fsp3) is 0.389. The van der Waals surface area contributed by atoms with Gasteiger partial charge in [-0.3, -0.25) is 4.79 Å². The molecule has 0 bridgehead atoms. The third-order valence-electron chi connectivity index (χ3n) is 4.80. The number of carbonyl (C=O) groups excluding carboxylic acids is 1. The number of amides is 1. The molecule has 0 unspecified atom stereocenters. The molecule has 0 aliphatic carbocycles. The summed E-state index contributed by atoms with van der Waals surface area (Å²) in [6.45, 7) is 3.53. The van der Waals surface area contributed by atoms with Gasteiger partial charge in [-0.25, -0.2) is 4.98 Å². The molecule has 1 fully saturated rings. The van der Waals surface area contributed by atoms with Crippen LogP contribution in [0.3, 0.4) is 0 Å². The third-order valence-corrected chi connectivity index (χ3v) is 6.14. The Morgan fingerprint density at radius 1 is 1.40 bits per heavy atom. The van der Waals surface area contributed by atoms with Crippen LogP contribution in [0.2, 0.25) is 0 Å². The summed E-state index contributed by atoms with van der Waals surface area (Å²) in [5, 5.41) is 0. The zero-order valence-electron chi connectivity index (χ0n) is 14.0. The van der Waals surface area contributed by atoms with Gasteiger partial charge in [0.25, 0.3) is 0 Å². The summed E-state index contributed by atoms with van der Waals surface area (Å²) in [5.74, 6) is 1.44. The molecule has 5 nitrogen and oxygen atoms in total. The van der Waals surface area contributed by atoms with E-state index in [1.165, 1.54) is 11.3 Å². The predicted molar refractivity (Wildman–Crippen MR) is 103 cm³/mol. The van der Waals surface area contributed by atoms with Crippen LogP contribution in [0.4, 0.5) is 0 Å². The summed E-state index contributed by atoms with van der Waals surface area (Å²) < 4.78 is 0.735. The highest BCUT2D eigenvalue weighted by atomic mass is 32.1. The molecule has 0 spiro atoms. The summed E-state index contributed by atoms with van der Waals surface area (Å²) in [4.78, 5) is 27.0. The van der Waals surface area contributed by atoms with Crippen molar-refractivity contribution in [1.29, 1.82) is 0 Å². The van der Waals surface area contributed by atoms with E-state index in [9.17, 15) is 4.79 Å². The zero-order valence-corrected chi connectivity index (χ0v) is 15.7. The Morgan fingerprint density at radius 3 is 3.00 bits per heavy atom. The van der Waals surface area contributed by atoms with Crippen LogP contribution >= 0.6 is 23.6 Å². The fourth-order valence-electron chi connectivity index (χ4n) is 3.45. The SMILES string of the molecule is Cc1[nH]c(=S)sc1CC(=O)N1CCC[C@H](c2nc3ccccc3[nH]2)C1. The lowest BCUT2D eigenvalue weighted by molar-refractivity contribution is -0.131. The number of nitrogens with one attached hydrogen (secondary N) is 2. The normalized spacial score (nSPS) is 18.0. The minimum absolute atomic E-state index is 0.175. The average molecular weight is 373 g/mol. The van der Waals surface area contributed by atoms with E-state index in [1.54, 1.807) is 0 Å². The van der Waals surface area contributed by atoms with E-state index in [0.717, 1.165) is 57.3 Å². The van der Waals surface area contributed by atoms with Gasteiger partial charge < -0.3 is 14.9 Å². The van der Waals surface area contributed by atoms with Crippen LogP contribution in [0.15, 0.2) is 24.3 Å². The number of rotatable bonds is 3. The first-order valence-electron chi connectivity index (χ1n) is 8.51. The lowest BCUT2D eigenvalue weighted by Crippen LogP contribution is -2.40. The molecule has 25 heavy (non-hydrogen) atoms. The first-order chi connectivity index (χ1) is 12.1. The highest BCUT2D eigenvalue weighted by molar-refractivity contribution is 7.73. The molecule has 1 aromatic carbocycles. The van der Waals surface area contributed by atoms with Gasteiger partial charge in [0.1, 0.15) is 5.82 Å². The molecule has 130 valence electrons. The highest BCUT2D eigenvalue weighted by Crippen LogP contribution is 2.27. The summed E-state index contributed by atoms with van der Waals surface area (Å²) in [5.41, 5.74) is 3.06. The highest BCUT2D eigenvalue weighted by Gasteiger charge is 2.27. The van der Waals surface area contributed by atoms with Gasteiger partial charge in [0.2, 0.25) is 5.91 Å². The Labute approximate surface area is 155 Å². The largest absolute Gasteiger partial charge is 0.342 e. The number of piperidine rings is 1. The quantitative estimate of drug-likeness (QED) is 0.685. The number of hydrogen-bond donors (Lipinski definition) is 2. The lowest BCUT2D eigenvalue weighted by atomic mass is 9.97. The standard InChI is InChI=1S/C18H20N4OS2/c1-11-15(25-18(24)19-11)9-16(23)22-8-4-5-12(10-22)17-20-13-6-2-3-7-14(13)21-17/h2-3,6-7,12H,4-5,8-10H2,1H3,(H,19,24)(H,20,21)/t12-/m0/s1. The number of para-hydroxylation sites is 2. The minimum Gasteiger partial charge on any atom is -0.342 e. The molecule has 1 aliphatic rings. The maximum absolute atomic E-state index is 12.7. The van der Waals surface area contributed by atoms with Crippen LogP contribution in [0.5, 0.6) is 0 Å². The molecular formula is C18H20N4OS2. The molecule has 2 aromatic heterocycles. The molecule has 1 saturated heterocycles. The van der Waals surface area contributed by atoms with E-state index >= 15 is 0 Å². The number of nitrogens with zero attached hydrogens (tertiary/aromatic N) is 2. The van der Waals surface area contributed by atoms with Crippen LogP contribution in [0, 0.1) is 10.9 Å². The van der Waals surface area contributed by atoms with Crippen LogP contribution in [0.1, 0.15) is 35.2 Å². The fourth-order valence-corrected chi connectivity index (χ4v) is 4.73. The minimum atomic E-state index is 0.175. The van der Waals surface area contributed by atoms with Gasteiger partial charge in [0.05, 0.1) is 17.5 Å². The monoisotopic (exact) mass is 372 g/mol. The Hall–Kier alpha value is -1.99. The number of thiazole rings is 1. The number of carbonyl (C=O) groups is 1. The second-order valence-corrected chi connectivity index (χ2v) is 8.33. The van der Waals surface area contributed by atoms with Crippen molar-refractivity contribution < 1.29 is 4.79 Å². The molecule has 1 amide bonds. The van der Waals surface area contributed by atoms with Crippen LogP contribution in [0.25, 0.3) is 11.0 Å². The molecule has 1 atom stereocenters. The average Bonchev–Trinajstić information content (AvgIpc) is 3.18. The van der Waals surface area contributed by atoms with Crippen molar-refractivity contribution in [3.05, 3.63) is 44.6 Å². The second kappa shape index (κ2) is 6.72. The van der Waals surface area contributed by atoms with Crippen molar-refractivity contribution in [3.8, 4) is 0 Å². The Morgan fingerprint density at radius 2 is 2.24 bits per heavy atom. The van der Waals surface area contributed by atoms with E-state index in [-0.39, 0.29) is 11.8 Å².